The minimum Gasteiger partial charge on any atom is -0.489 e. The van der Waals surface area contributed by atoms with Crippen molar-refractivity contribution < 1.29 is 14.2 Å². The Kier molecular flexibility index (Phi) is 9.50. The van der Waals surface area contributed by atoms with Crippen LogP contribution in [0.5, 0.6) is 17.2 Å². The third-order valence-corrected chi connectivity index (χ3v) is 7.93. The molecule has 0 unspecified atom stereocenters. The van der Waals surface area contributed by atoms with Crippen LogP contribution in [0.15, 0.2) is 68.3 Å². The van der Waals surface area contributed by atoms with E-state index < -0.39 is 5.41 Å². The first-order chi connectivity index (χ1) is 18.5. The molecule has 0 N–H and O–H groups in total. The monoisotopic (exact) mass is 524 g/mol. The molecule has 0 aliphatic heterocycles. The van der Waals surface area contributed by atoms with Gasteiger partial charge in [0.25, 0.3) is 0 Å². The van der Waals surface area contributed by atoms with Gasteiger partial charge in [-0.15, -0.1) is 0 Å². The lowest BCUT2D eigenvalue weighted by atomic mass is 9.66. The number of aryl methyl sites for hydroxylation is 3. The van der Waals surface area contributed by atoms with Gasteiger partial charge >= 0.3 is 0 Å². The Labute approximate surface area is 235 Å². The maximum absolute atomic E-state index is 6.10. The fraction of sp³-hybridized carbons (Fsp3) is 0.333. The predicted molar refractivity (Wildman–Crippen MR) is 165 cm³/mol. The fourth-order valence-electron chi connectivity index (χ4n) is 5.61. The van der Waals surface area contributed by atoms with Crippen LogP contribution in [0, 0.1) is 48.5 Å². The van der Waals surface area contributed by atoms with Crippen molar-refractivity contribution in [3.63, 3.8) is 0 Å². The summed E-state index contributed by atoms with van der Waals surface area (Å²) in [6.45, 7) is 30.3. The van der Waals surface area contributed by atoms with Crippen LogP contribution in [0.3, 0.4) is 0 Å². The molecule has 3 aromatic rings. The summed E-state index contributed by atoms with van der Waals surface area (Å²) in [4.78, 5) is 0. The van der Waals surface area contributed by atoms with Gasteiger partial charge in [-0.1, -0.05) is 62.2 Å². The highest BCUT2D eigenvalue weighted by atomic mass is 16.5. The van der Waals surface area contributed by atoms with E-state index in [4.69, 9.17) is 14.2 Å². The van der Waals surface area contributed by atoms with Gasteiger partial charge in [0, 0.05) is 5.41 Å². The van der Waals surface area contributed by atoms with Crippen molar-refractivity contribution in [2.24, 2.45) is 0 Å². The lowest BCUT2D eigenvalue weighted by molar-refractivity contribution is 0.357. The largest absolute Gasteiger partial charge is 0.489 e. The molecule has 3 aromatic carbocycles. The van der Waals surface area contributed by atoms with Crippen molar-refractivity contribution >= 4 is 0 Å². The lowest BCUT2D eigenvalue weighted by Gasteiger charge is -2.37. The highest BCUT2D eigenvalue weighted by Gasteiger charge is 2.36. The third-order valence-electron chi connectivity index (χ3n) is 7.93. The normalized spacial score (nSPS) is 11.2. The van der Waals surface area contributed by atoms with Crippen molar-refractivity contribution in [3.8, 4) is 17.2 Å². The Hall–Kier alpha value is -3.72. The molecule has 0 spiro atoms. The standard InChI is InChI=1S/C36H44O3/c1-12-17-37-33-16-15-30(20-23(33)4)36(11,31-21-24(5)34(38-18-13-2)28(9)26(31)7)32-22-25(6)35(39-19-14-3)29(10)27(32)8/h12-16,20-22H,1-3,17-19H2,4-11H3. The Morgan fingerprint density at radius 1 is 0.590 bits per heavy atom. The van der Waals surface area contributed by atoms with Crippen LogP contribution in [0.1, 0.15) is 62.6 Å². The lowest BCUT2D eigenvalue weighted by Crippen LogP contribution is -2.29. The van der Waals surface area contributed by atoms with Gasteiger partial charge in [-0.05, 0) is 117 Å². The average Bonchev–Trinajstić information content (AvgIpc) is 2.91. The first-order valence-electron chi connectivity index (χ1n) is 13.6. The van der Waals surface area contributed by atoms with E-state index in [0.717, 1.165) is 45.1 Å². The second-order valence-electron chi connectivity index (χ2n) is 10.5. The van der Waals surface area contributed by atoms with Crippen LogP contribution in [-0.4, -0.2) is 19.8 Å². The summed E-state index contributed by atoms with van der Waals surface area (Å²) in [6, 6.07) is 11.1. The highest BCUT2D eigenvalue weighted by molar-refractivity contribution is 5.63. The Morgan fingerprint density at radius 2 is 1.03 bits per heavy atom. The summed E-state index contributed by atoms with van der Waals surface area (Å²) in [5.41, 5.74) is 11.3. The van der Waals surface area contributed by atoms with Crippen molar-refractivity contribution in [2.45, 2.75) is 60.8 Å². The molecule has 0 saturated heterocycles. The van der Waals surface area contributed by atoms with Gasteiger partial charge < -0.3 is 14.2 Å². The molecule has 0 aliphatic carbocycles. The molecule has 3 nitrogen and oxygen atoms in total. The van der Waals surface area contributed by atoms with E-state index in [0.29, 0.717) is 19.8 Å². The van der Waals surface area contributed by atoms with Crippen LogP contribution < -0.4 is 14.2 Å². The van der Waals surface area contributed by atoms with Crippen LogP contribution in [0.2, 0.25) is 0 Å². The zero-order valence-electron chi connectivity index (χ0n) is 25.1. The smallest absolute Gasteiger partial charge is 0.125 e. The third kappa shape index (κ3) is 5.68. The van der Waals surface area contributed by atoms with Crippen molar-refractivity contribution in [1.82, 2.24) is 0 Å². The highest BCUT2D eigenvalue weighted by Crippen LogP contribution is 2.47. The van der Waals surface area contributed by atoms with E-state index in [1.54, 1.807) is 18.2 Å². The Bertz CT molecular complexity index is 1320. The summed E-state index contributed by atoms with van der Waals surface area (Å²) in [7, 11) is 0. The van der Waals surface area contributed by atoms with Gasteiger partial charge in [-0.25, -0.2) is 0 Å². The number of benzene rings is 3. The molecular weight excluding hydrogens is 480 g/mol. The molecule has 0 aliphatic rings. The van der Waals surface area contributed by atoms with Crippen molar-refractivity contribution in [1.29, 1.82) is 0 Å². The predicted octanol–water partition coefficient (Wildman–Crippen LogP) is 8.89. The zero-order chi connectivity index (χ0) is 28.9. The van der Waals surface area contributed by atoms with Gasteiger partial charge in [-0.2, -0.15) is 0 Å². The molecular formula is C36H44O3. The summed E-state index contributed by atoms with van der Waals surface area (Å²) in [5, 5.41) is 0. The molecule has 0 atom stereocenters. The van der Waals surface area contributed by atoms with Gasteiger partial charge in [-0.3, -0.25) is 0 Å². The topological polar surface area (TPSA) is 27.7 Å². The van der Waals surface area contributed by atoms with E-state index in [2.05, 4.69) is 105 Å². The number of hydrogen-bond donors (Lipinski definition) is 0. The van der Waals surface area contributed by atoms with Gasteiger partial charge in [0.15, 0.2) is 0 Å². The summed E-state index contributed by atoms with van der Waals surface area (Å²) in [6.07, 6.45) is 5.35. The molecule has 0 radical (unpaired) electrons. The summed E-state index contributed by atoms with van der Waals surface area (Å²) >= 11 is 0. The van der Waals surface area contributed by atoms with Crippen molar-refractivity contribution in [3.05, 3.63) is 124 Å². The van der Waals surface area contributed by atoms with E-state index in [1.807, 2.05) is 0 Å². The van der Waals surface area contributed by atoms with E-state index in [1.165, 1.54) is 27.8 Å². The first-order valence-corrected chi connectivity index (χ1v) is 13.6. The number of hydrogen-bond acceptors (Lipinski definition) is 3. The van der Waals surface area contributed by atoms with Crippen LogP contribution in [-0.2, 0) is 5.41 Å². The maximum atomic E-state index is 6.10. The SMILES string of the molecule is C=CCOc1ccc(C(C)(c2cc(C)c(OCC=C)c(C)c2C)c2cc(C)c(OCC=C)c(C)c2C)cc1C. The molecule has 0 aromatic heterocycles. The quantitative estimate of drug-likeness (QED) is 0.175. The van der Waals surface area contributed by atoms with E-state index in [9.17, 15) is 0 Å². The first kappa shape index (κ1) is 29.8. The molecule has 0 fully saturated rings. The summed E-state index contributed by atoms with van der Waals surface area (Å²) in [5.74, 6) is 2.73. The summed E-state index contributed by atoms with van der Waals surface area (Å²) < 4.78 is 18.1. The molecule has 0 amide bonds. The van der Waals surface area contributed by atoms with Gasteiger partial charge in [0.05, 0.1) is 0 Å². The molecule has 3 rings (SSSR count). The second kappa shape index (κ2) is 12.4. The molecule has 3 heteroatoms. The van der Waals surface area contributed by atoms with Crippen LogP contribution in [0.25, 0.3) is 0 Å². The molecule has 0 saturated carbocycles. The Balaban J connectivity index is 2.38. The second-order valence-corrected chi connectivity index (χ2v) is 10.5. The number of ether oxygens (including phenoxy) is 3. The number of rotatable bonds is 12. The molecule has 39 heavy (non-hydrogen) atoms. The van der Waals surface area contributed by atoms with Gasteiger partial charge in [0.2, 0.25) is 0 Å². The van der Waals surface area contributed by atoms with E-state index >= 15 is 0 Å². The molecule has 0 bridgehead atoms. The van der Waals surface area contributed by atoms with Crippen LogP contribution in [0.4, 0.5) is 0 Å². The maximum Gasteiger partial charge on any atom is 0.125 e. The van der Waals surface area contributed by atoms with Gasteiger partial charge in [0.1, 0.15) is 37.1 Å². The minimum absolute atomic E-state index is 0.450. The molecule has 206 valence electrons. The van der Waals surface area contributed by atoms with Crippen LogP contribution >= 0.6 is 0 Å². The molecule has 0 heterocycles. The average molecular weight is 525 g/mol. The van der Waals surface area contributed by atoms with E-state index in [-0.39, 0.29) is 0 Å². The Morgan fingerprint density at radius 3 is 1.44 bits per heavy atom. The fourth-order valence-corrected chi connectivity index (χ4v) is 5.61. The van der Waals surface area contributed by atoms with Crippen molar-refractivity contribution in [2.75, 3.05) is 19.8 Å². The minimum atomic E-state index is -0.450. The zero-order valence-corrected chi connectivity index (χ0v) is 25.1.